The van der Waals surface area contributed by atoms with Gasteiger partial charge in [0.1, 0.15) is 5.01 Å². The van der Waals surface area contributed by atoms with Gasteiger partial charge in [-0.15, -0.1) is 11.3 Å². The molecule has 0 amide bonds. The van der Waals surface area contributed by atoms with E-state index in [9.17, 15) is 4.79 Å². The molecule has 0 spiro atoms. The Morgan fingerprint density at radius 1 is 1.06 bits per heavy atom. The number of nitrogens with zero attached hydrogens (tertiary/aromatic N) is 1. The molecule has 1 aromatic heterocycles. The molecule has 18 heavy (non-hydrogen) atoms. The monoisotopic (exact) mass is 273 g/mol. The largest absolute Gasteiger partial charge is 0.276 e. The minimum atomic E-state index is -0.439. The van der Waals surface area contributed by atoms with Crippen LogP contribution < -0.4 is 0 Å². The maximum Gasteiger partial charge on any atom is 0.252 e. The smallest absolute Gasteiger partial charge is 0.252 e. The summed E-state index contributed by atoms with van der Waals surface area (Å²) >= 11 is 7.05. The normalized spacial score (nSPS) is 10.7. The Kier molecular flexibility index (Phi) is 2.86. The lowest BCUT2D eigenvalue weighted by atomic mass is 10.1. The molecule has 0 fully saturated rings. The molecule has 0 atom stereocenters. The lowest BCUT2D eigenvalue weighted by molar-refractivity contribution is 0.108. The van der Waals surface area contributed by atoms with E-state index in [1.807, 2.05) is 36.4 Å². The van der Waals surface area contributed by atoms with Gasteiger partial charge in [0.25, 0.3) is 5.24 Å². The fraction of sp³-hybridized carbons (Fsp3) is 0. The van der Waals surface area contributed by atoms with Gasteiger partial charge in [0, 0.05) is 11.1 Å². The third-order valence-corrected chi connectivity index (χ3v) is 3.96. The third kappa shape index (κ3) is 2.03. The summed E-state index contributed by atoms with van der Waals surface area (Å²) in [6.07, 6.45) is 0. The third-order valence-electron chi connectivity index (χ3n) is 2.65. The highest BCUT2D eigenvalue weighted by molar-refractivity contribution is 7.21. The van der Waals surface area contributed by atoms with E-state index in [0.29, 0.717) is 5.56 Å². The van der Waals surface area contributed by atoms with Crippen LogP contribution in [0.2, 0.25) is 0 Å². The predicted molar refractivity (Wildman–Crippen MR) is 75.2 cm³/mol. The van der Waals surface area contributed by atoms with E-state index in [1.165, 1.54) is 0 Å². The first kappa shape index (κ1) is 11.4. The Hall–Kier alpha value is -1.71. The molecule has 0 aliphatic carbocycles. The number of hydrogen-bond donors (Lipinski definition) is 0. The van der Waals surface area contributed by atoms with Crippen LogP contribution >= 0.6 is 22.9 Å². The molecule has 0 saturated carbocycles. The lowest BCUT2D eigenvalue weighted by Gasteiger charge is -1.96. The lowest BCUT2D eigenvalue weighted by Crippen LogP contribution is -1.87. The summed E-state index contributed by atoms with van der Waals surface area (Å²) < 4.78 is 1.16. The molecule has 0 saturated heterocycles. The predicted octanol–water partition coefficient (Wildman–Crippen LogP) is 4.34. The van der Waals surface area contributed by atoms with Gasteiger partial charge in [-0.2, -0.15) is 0 Å². The van der Waals surface area contributed by atoms with Gasteiger partial charge < -0.3 is 0 Å². The van der Waals surface area contributed by atoms with Gasteiger partial charge in [0.05, 0.1) is 10.2 Å². The highest BCUT2D eigenvalue weighted by Crippen LogP contribution is 2.30. The number of carbonyl (C=O) groups excluding carboxylic acids is 1. The van der Waals surface area contributed by atoms with Gasteiger partial charge >= 0.3 is 0 Å². The number of halogens is 1. The number of aromatic nitrogens is 1. The van der Waals surface area contributed by atoms with Crippen LogP contribution in [0.4, 0.5) is 0 Å². The second-order valence-electron chi connectivity index (χ2n) is 3.84. The first-order valence-corrected chi connectivity index (χ1v) is 6.59. The van der Waals surface area contributed by atoms with Crippen molar-refractivity contribution in [2.75, 3.05) is 0 Å². The van der Waals surface area contributed by atoms with E-state index >= 15 is 0 Å². The van der Waals surface area contributed by atoms with Gasteiger partial charge in [-0.25, -0.2) is 4.98 Å². The van der Waals surface area contributed by atoms with E-state index in [4.69, 9.17) is 11.6 Å². The summed E-state index contributed by atoms with van der Waals surface area (Å²) in [5.74, 6) is 0. The number of carbonyl (C=O) groups is 1. The summed E-state index contributed by atoms with van der Waals surface area (Å²) in [6.45, 7) is 0. The molecule has 0 unspecified atom stereocenters. The maximum absolute atomic E-state index is 11.0. The Bertz CT molecular complexity index is 685. The average molecular weight is 274 g/mol. The zero-order chi connectivity index (χ0) is 12.5. The molecule has 88 valence electrons. The number of benzene rings is 2. The number of fused-ring (bicyclic) bond motifs is 1. The van der Waals surface area contributed by atoms with Crippen molar-refractivity contribution < 1.29 is 4.79 Å². The summed E-state index contributed by atoms with van der Waals surface area (Å²) in [5, 5.41) is 0.510. The summed E-state index contributed by atoms with van der Waals surface area (Å²) in [7, 11) is 0. The van der Waals surface area contributed by atoms with Crippen molar-refractivity contribution in [1.29, 1.82) is 0 Å². The van der Waals surface area contributed by atoms with Crippen molar-refractivity contribution in [3.8, 4) is 10.6 Å². The van der Waals surface area contributed by atoms with Gasteiger partial charge in [-0.05, 0) is 35.9 Å². The molecule has 3 rings (SSSR count). The molecule has 2 aromatic carbocycles. The van der Waals surface area contributed by atoms with Crippen LogP contribution in [-0.2, 0) is 0 Å². The minimum absolute atomic E-state index is 0.439. The Morgan fingerprint density at radius 3 is 2.44 bits per heavy atom. The van der Waals surface area contributed by atoms with Crippen molar-refractivity contribution in [3.05, 3.63) is 54.1 Å². The summed E-state index contributed by atoms with van der Waals surface area (Å²) in [4.78, 5) is 15.5. The molecule has 4 heteroatoms. The molecular weight excluding hydrogens is 266 g/mol. The number of hydrogen-bond acceptors (Lipinski definition) is 3. The molecule has 0 radical (unpaired) electrons. The SMILES string of the molecule is O=C(Cl)c1ccc(-c2nc3ccccc3s2)cc1. The molecular formula is C14H8ClNOS. The van der Waals surface area contributed by atoms with Crippen molar-refractivity contribution in [2.45, 2.75) is 0 Å². The molecule has 0 N–H and O–H groups in total. The van der Waals surface area contributed by atoms with Crippen LogP contribution in [0, 0.1) is 0 Å². The molecule has 0 aliphatic heterocycles. The average Bonchev–Trinajstić information content (AvgIpc) is 2.82. The van der Waals surface area contributed by atoms with Gasteiger partial charge in [-0.1, -0.05) is 24.3 Å². The van der Waals surface area contributed by atoms with Crippen molar-refractivity contribution in [2.24, 2.45) is 0 Å². The van der Waals surface area contributed by atoms with Crippen LogP contribution in [0.1, 0.15) is 10.4 Å². The van der Waals surface area contributed by atoms with Crippen LogP contribution in [0.5, 0.6) is 0 Å². The molecule has 1 heterocycles. The Morgan fingerprint density at radius 2 is 1.78 bits per heavy atom. The first-order valence-electron chi connectivity index (χ1n) is 5.40. The first-order chi connectivity index (χ1) is 8.74. The Labute approximate surface area is 113 Å². The van der Waals surface area contributed by atoms with E-state index in [-0.39, 0.29) is 0 Å². The van der Waals surface area contributed by atoms with E-state index in [2.05, 4.69) is 4.98 Å². The van der Waals surface area contributed by atoms with Crippen LogP contribution in [0.25, 0.3) is 20.8 Å². The summed E-state index contributed by atoms with van der Waals surface area (Å²) in [5.41, 5.74) is 2.49. The number of para-hydroxylation sites is 1. The molecule has 0 aliphatic rings. The van der Waals surface area contributed by atoms with Crippen LogP contribution in [0.3, 0.4) is 0 Å². The van der Waals surface area contributed by atoms with Crippen LogP contribution in [0.15, 0.2) is 48.5 Å². The quantitative estimate of drug-likeness (QED) is 0.650. The van der Waals surface area contributed by atoms with Crippen molar-refractivity contribution in [3.63, 3.8) is 0 Å². The van der Waals surface area contributed by atoms with E-state index in [0.717, 1.165) is 20.8 Å². The van der Waals surface area contributed by atoms with Gasteiger partial charge in [0.15, 0.2) is 0 Å². The minimum Gasteiger partial charge on any atom is -0.276 e. The van der Waals surface area contributed by atoms with Gasteiger partial charge in [0.2, 0.25) is 0 Å². The fourth-order valence-electron chi connectivity index (χ4n) is 1.74. The van der Waals surface area contributed by atoms with Gasteiger partial charge in [-0.3, -0.25) is 4.79 Å². The zero-order valence-electron chi connectivity index (χ0n) is 9.26. The molecule has 3 aromatic rings. The summed E-state index contributed by atoms with van der Waals surface area (Å²) in [6, 6.07) is 15.2. The van der Waals surface area contributed by atoms with Crippen LogP contribution in [-0.4, -0.2) is 10.2 Å². The van der Waals surface area contributed by atoms with E-state index < -0.39 is 5.24 Å². The zero-order valence-corrected chi connectivity index (χ0v) is 10.8. The molecule has 2 nitrogen and oxygen atoms in total. The number of rotatable bonds is 2. The topological polar surface area (TPSA) is 30.0 Å². The highest BCUT2D eigenvalue weighted by Gasteiger charge is 2.07. The maximum atomic E-state index is 11.0. The Balaban J connectivity index is 2.06. The second kappa shape index (κ2) is 4.52. The second-order valence-corrected chi connectivity index (χ2v) is 5.21. The van der Waals surface area contributed by atoms with Crippen molar-refractivity contribution in [1.82, 2.24) is 4.98 Å². The standard InChI is InChI=1S/C14H8ClNOS/c15-13(17)9-5-7-10(8-6-9)14-16-11-3-1-2-4-12(11)18-14/h1-8H. The van der Waals surface area contributed by atoms with Crippen molar-refractivity contribution >= 4 is 38.4 Å². The molecule has 0 bridgehead atoms. The van der Waals surface area contributed by atoms with E-state index in [1.54, 1.807) is 23.5 Å². The number of thiazole rings is 1. The highest BCUT2D eigenvalue weighted by atomic mass is 35.5. The fourth-order valence-corrected chi connectivity index (χ4v) is 2.84.